The smallest absolute Gasteiger partial charge is 0.287 e. The highest BCUT2D eigenvalue weighted by Crippen LogP contribution is 2.28. The standard InChI is InChI=1S/C24H25Cl2NO3/c1-4-21(17-7-5-16(6-8-17)15(2)3)27-24(28)23-12-10-19(30-23)14-29-22-11-9-18(25)13-20(22)26/h5-13,15,21H,4,14H2,1-3H3,(H,27,28)/t21-/m0/s1. The number of hydrogen-bond acceptors (Lipinski definition) is 3. The SMILES string of the molecule is CC[C@H](NC(=O)c1ccc(COc2ccc(Cl)cc2Cl)o1)c1ccc(C(C)C)cc1. The van der Waals surface area contributed by atoms with Crippen molar-refractivity contribution in [3.63, 3.8) is 0 Å². The van der Waals surface area contributed by atoms with Crippen molar-refractivity contribution in [1.82, 2.24) is 5.32 Å². The molecule has 30 heavy (non-hydrogen) atoms. The minimum atomic E-state index is -0.259. The molecule has 1 atom stereocenters. The third-order valence-corrected chi connectivity index (χ3v) is 5.40. The lowest BCUT2D eigenvalue weighted by molar-refractivity contribution is 0.0903. The van der Waals surface area contributed by atoms with Gasteiger partial charge in [0, 0.05) is 5.02 Å². The predicted octanol–water partition coefficient (Wildman–Crippen LogP) is 7.17. The molecular weight excluding hydrogens is 421 g/mol. The van der Waals surface area contributed by atoms with Gasteiger partial charge in [0.25, 0.3) is 5.91 Å². The summed E-state index contributed by atoms with van der Waals surface area (Å²) < 4.78 is 11.3. The molecule has 1 N–H and O–H groups in total. The van der Waals surface area contributed by atoms with Gasteiger partial charge in [0.15, 0.2) is 5.76 Å². The second kappa shape index (κ2) is 10.1. The highest BCUT2D eigenvalue weighted by molar-refractivity contribution is 6.35. The number of benzene rings is 2. The number of amides is 1. The summed E-state index contributed by atoms with van der Waals surface area (Å²) in [5, 5.41) is 3.99. The molecule has 6 heteroatoms. The molecule has 3 aromatic rings. The lowest BCUT2D eigenvalue weighted by atomic mass is 9.98. The van der Waals surface area contributed by atoms with E-state index in [2.05, 4.69) is 43.4 Å². The second-order valence-corrected chi connectivity index (χ2v) is 8.23. The van der Waals surface area contributed by atoms with Crippen LogP contribution in [-0.4, -0.2) is 5.91 Å². The minimum absolute atomic E-state index is 0.0867. The monoisotopic (exact) mass is 445 g/mol. The zero-order chi connectivity index (χ0) is 21.7. The van der Waals surface area contributed by atoms with E-state index in [-0.39, 0.29) is 24.3 Å². The van der Waals surface area contributed by atoms with Gasteiger partial charge in [0.05, 0.1) is 11.1 Å². The fourth-order valence-electron chi connectivity index (χ4n) is 3.08. The largest absolute Gasteiger partial charge is 0.484 e. The van der Waals surface area contributed by atoms with Gasteiger partial charge in [-0.05, 0) is 53.8 Å². The van der Waals surface area contributed by atoms with Gasteiger partial charge in [-0.2, -0.15) is 0 Å². The fraction of sp³-hybridized carbons (Fsp3) is 0.292. The Morgan fingerprint density at radius 3 is 2.37 bits per heavy atom. The third kappa shape index (κ3) is 5.59. The number of carbonyl (C=O) groups is 1. The molecule has 2 aromatic carbocycles. The van der Waals surface area contributed by atoms with E-state index in [1.165, 1.54) is 5.56 Å². The van der Waals surface area contributed by atoms with Crippen LogP contribution in [0.3, 0.4) is 0 Å². The maximum absolute atomic E-state index is 12.7. The highest BCUT2D eigenvalue weighted by Gasteiger charge is 2.17. The lowest BCUT2D eigenvalue weighted by Gasteiger charge is -2.17. The van der Waals surface area contributed by atoms with E-state index in [0.717, 1.165) is 12.0 Å². The summed E-state index contributed by atoms with van der Waals surface area (Å²) in [7, 11) is 0. The Hall–Kier alpha value is -2.43. The molecule has 3 rings (SSSR count). The molecule has 0 saturated heterocycles. The summed E-state index contributed by atoms with van der Waals surface area (Å²) in [6.45, 7) is 6.52. The van der Waals surface area contributed by atoms with Crippen molar-refractivity contribution < 1.29 is 13.9 Å². The van der Waals surface area contributed by atoms with E-state index < -0.39 is 0 Å². The average molecular weight is 446 g/mol. The first kappa shape index (κ1) is 22.3. The van der Waals surface area contributed by atoms with Crippen molar-refractivity contribution in [2.45, 2.75) is 45.8 Å². The lowest BCUT2D eigenvalue weighted by Crippen LogP contribution is -2.27. The molecule has 1 heterocycles. The van der Waals surface area contributed by atoms with Crippen molar-refractivity contribution in [3.8, 4) is 5.75 Å². The Balaban J connectivity index is 1.61. The molecule has 158 valence electrons. The van der Waals surface area contributed by atoms with Gasteiger partial charge in [0.1, 0.15) is 18.1 Å². The first-order valence-corrected chi connectivity index (χ1v) is 10.7. The third-order valence-electron chi connectivity index (χ3n) is 4.87. The second-order valence-electron chi connectivity index (χ2n) is 7.39. The van der Waals surface area contributed by atoms with Crippen LogP contribution in [0.5, 0.6) is 5.75 Å². The summed E-state index contributed by atoms with van der Waals surface area (Å²) in [5.74, 6) is 1.48. The molecule has 0 aliphatic heterocycles. The Bertz CT molecular complexity index is 996. The summed E-state index contributed by atoms with van der Waals surface area (Å²) >= 11 is 12.0. The Morgan fingerprint density at radius 2 is 1.73 bits per heavy atom. The van der Waals surface area contributed by atoms with Gasteiger partial charge >= 0.3 is 0 Å². The number of nitrogens with one attached hydrogen (secondary N) is 1. The van der Waals surface area contributed by atoms with E-state index in [4.69, 9.17) is 32.4 Å². The number of carbonyl (C=O) groups excluding carboxylic acids is 1. The molecule has 0 unspecified atom stereocenters. The van der Waals surface area contributed by atoms with Crippen molar-refractivity contribution in [2.24, 2.45) is 0 Å². The molecular formula is C24H25Cl2NO3. The van der Waals surface area contributed by atoms with E-state index in [1.54, 1.807) is 30.3 Å². The van der Waals surface area contributed by atoms with Crippen molar-refractivity contribution in [3.05, 3.63) is 87.3 Å². The molecule has 0 spiro atoms. The van der Waals surface area contributed by atoms with Gasteiger partial charge < -0.3 is 14.5 Å². The van der Waals surface area contributed by atoms with Crippen molar-refractivity contribution >= 4 is 29.1 Å². The Morgan fingerprint density at radius 1 is 1.03 bits per heavy atom. The van der Waals surface area contributed by atoms with Crippen LogP contribution in [0.4, 0.5) is 0 Å². The number of hydrogen-bond donors (Lipinski definition) is 1. The fourth-order valence-corrected chi connectivity index (χ4v) is 3.55. The number of ether oxygens (including phenoxy) is 1. The molecule has 0 radical (unpaired) electrons. The van der Waals surface area contributed by atoms with E-state index in [9.17, 15) is 4.79 Å². The van der Waals surface area contributed by atoms with Crippen LogP contribution in [0.2, 0.25) is 10.0 Å². The topological polar surface area (TPSA) is 51.5 Å². The van der Waals surface area contributed by atoms with Crippen molar-refractivity contribution in [1.29, 1.82) is 0 Å². The molecule has 0 aliphatic rings. The molecule has 0 aliphatic carbocycles. The number of furan rings is 1. The molecule has 4 nitrogen and oxygen atoms in total. The van der Waals surface area contributed by atoms with Crippen LogP contribution < -0.4 is 10.1 Å². The molecule has 0 bridgehead atoms. The van der Waals surface area contributed by atoms with Gasteiger partial charge in [-0.3, -0.25) is 4.79 Å². The quantitative estimate of drug-likeness (QED) is 0.399. The normalized spacial score (nSPS) is 12.1. The molecule has 0 saturated carbocycles. The maximum atomic E-state index is 12.7. The number of rotatable bonds is 8. The van der Waals surface area contributed by atoms with E-state index >= 15 is 0 Å². The van der Waals surface area contributed by atoms with Gasteiger partial charge in [-0.15, -0.1) is 0 Å². The predicted molar refractivity (Wildman–Crippen MR) is 121 cm³/mol. The van der Waals surface area contributed by atoms with Gasteiger partial charge in [-0.1, -0.05) is 68.2 Å². The summed E-state index contributed by atoms with van der Waals surface area (Å²) in [6.07, 6.45) is 0.776. The summed E-state index contributed by atoms with van der Waals surface area (Å²) in [4.78, 5) is 12.7. The summed E-state index contributed by atoms with van der Waals surface area (Å²) in [5.41, 5.74) is 2.35. The van der Waals surface area contributed by atoms with E-state index in [1.807, 2.05) is 6.92 Å². The molecule has 1 amide bonds. The van der Waals surface area contributed by atoms with Crippen LogP contribution in [0.1, 0.15) is 66.6 Å². The van der Waals surface area contributed by atoms with Crippen LogP contribution in [0, 0.1) is 0 Å². The summed E-state index contributed by atoms with van der Waals surface area (Å²) in [6, 6.07) is 16.6. The number of halogens is 2. The maximum Gasteiger partial charge on any atom is 0.287 e. The van der Waals surface area contributed by atoms with Crippen molar-refractivity contribution in [2.75, 3.05) is 0 Å². The first-order chi connectivity index (χ1) is 14.4. The van der Waals surface area contributed by atoms with Crippen LogP contribution in [0.15, 0.2) is 59.0 Å². The zero-order valence-electron chi connectivity index (χ0n) is 17.2. The molecule has 1 aromatic heterocycles. The van der Waals surface area contributed by atoms with Gasteiger partial charge in [-0.25, -0.2) is 0 Å². The minimum Gasteiger partial charge on any atom is -0.484 e. The zero-order valence-corrected chi connectivity index (χ0v) is 18.8. The average Bonchev–Trinajstić information content (AvgIpc) is 3.20. The van der Waals surface area contributed by atoms with Crippen LogP contribution in [-0.2, 0) is 6.61 Å². The molecule has 0 fully saturated rings. The first-order valence-electron chi connectivity index (χ1n) is 9.94. The highest BCUT2D eigenvalue weighted by atomic mass is 35.5. The Kier molecular flexibility index (Phi) is 7.46. The Labute approximate surface area is 187 Å². The van der Waals surface area contributed by atoms with Gasteiger partial charge in [0.2, 0.25) is 0 Å². The van der Waals surface area contributed by atoms with E-state index in [0.29, 0.717) is 27.5 Å². The van der Waals surface area contributed by atoms with Crippen LogP contribution in [0.25, 0.3) is 0 Å². The van der Waals surface area contributed by atoms with Crippen LogP contribution >= 0.6 is 23.2 Å².